The Hall–Kier alpha value is -2.05. The standard InChI is InChI=1S/C38H55N2O3PS/c1-29(2)39(30(3)4)44(40(31(5)6)32(7)8)43-26-27-45-36(41)37(9,10)28-42-38(33-20-14-11-15-21-33,34-22-16-12-17-23-34)35-24-18-13-19-25-35/h11-25,29-32H,26-28H2,1-10H3. The zero-order valence-corrected chi connectivity index (χ0v) is 30.8. The van der Waals surface area contributed by atoms with Gasteiger partial charge in [-0.05, 0) is 85.9 Å². The maximum atomic E-state index is 13.7. The van der Waals surface area contributed by atoms with Gasteiger partial charge in [0, 0.05) is 29.9 Å². The number of carbonyl (C=O) groups is 1. The van der Waals surface area contributed by atoms with Crippen LogP contribution in [0, 0.1) is 5.41 Å². The molecule has 0 aromatic heterocycles. The molecule has 3 aromatic carbocycles. The fourth-order valence-corrected chi connectivity index (χ4v) is 9.07. The van der Waals surface area contributed by atoms with Crippen LogP contribution in [-0.2, 0) is 19.7 Å². The molecule has 0 amide bonds. The van der Waals surface area contributed by atoms with Crippen LogP contribution in [0.1, 0.15) is 85.9 Å². The topological polar surface area (TPSA) is 42.0 Å². The van der Waals surface area contributed by atoms with Crippen molar-refractivity contribution in [3.63, 3.8) is 0 Å². The predicted octanol–water partition coefficient (Wildman–Crippen LogP) is 9.76. The second-order valence-electron chi connectivity index (χ2n) is 13.3. The first-order chi connectivity index (χ1) is 21.3. The molecule has 0 aliphatic rings. The minimum absolute atomic E-state index is 0.104. The summed E-state index contributed by atoms with van der Waals surface area (Å²) in [5, 5.41) is 0.104. The zero-order chi connectivity index (χ0) is 33.2. The van der Waals surface area contributed by atoms with Crippen molar-refractivity contribution in [3.8, 4) is 0 Å². The van der Waals surface area contributed by atoms with Crippen molar-refractivity contribution < 1.29 is 14.1 Å². The number of hydrogen-bond acceptors (Lipinski definition) is 6. The van der Waals surface area contributed by atoms with Crippen molar-refractivity contribution in [1.82, 2.24) is 9.34 Å². The molecular weight excluding hydrogens is 595 g/mol. The SMILES string of the molecule is CC(C)N(C(C)C)P(OCCSC(=O)C(C)(C)COC(c1ccccc1)(c1ccccc1)c1ccccc1)N(C(C)C)C(C)C. The quantitative estimate of drug-likeness (QED) is 0.0823. The summed E-state index contributed by atoms with van der Waals surface area (Å²) in [4.78, 5) is 13.7. The molecule has 0 unspecified atom stereocenters. The van der Waals surface area contributed by atoms with Gasteiger partial charge in [0.1, 0.15) is 5.60 Å². The van der Waals surface area contributed by atoms with E-state index in [1.165, 1.54) is 11.8 Å². The van der Waals surface area contributed by atoms with Gasteiger partial charge in [-0.3, -0.25) is 4.79 Å². The van der Waals surface area contributed by atoms with Crippen LogP contribution in [0.15, 0.2) is 91.0 Å². The maximum absolute atomic E-state index is 13.7. The van der Waals surface area contributed by atoms with Crippen LogP contribution in [0.5, 0.6) is 0 Å². The van der Waals surface area contributed by atoms with E-state index in [2.05, 4.69) is 101 Å². The van der Waals surface area contributed by atoms with E-state index >= 15 is 0 Å². The molecule has 0 aliphatic heterocycles. The molecule has 0 aliphatic carbocycles. The molecule has 3 aromatic rings. The van der Waals surface area contributed by atoms with Crippen LogP contribution in [0.25, 0.3) is 0 Å². The number of carbonyl (C=O) groups excluding carboxylic acids is 1. The van der Waals surface area contributed by atoms with Gasteiger partial charge in [-0.2, -0.15) is 0 Å². The number of nitrogens with zero attached hydrogens (tertiary/aromatic N) is 2. The van der Waals surface area contributed by atoms with Gasteiger partial charge in [0.25, 0.3) is 0 Å². The summed E-state index contributed by atoms with van der Waals surface area (Å²) in [5.74, 6) is 0.594. The molecule has 0 N–H and O–H groups in total. The highest BCUT2D eigenvalue weighted by molar-refractivity contribution is 8.13. The third-order valence-corrected chi connectivity index (χ3v) is 12.0. The molecule has 0 spiro atoms. The Labute approximate surface area is 279 Å². The van der Waals surface area contributed by atoms with E-state index in [1.54, 1.807) is 0 Å². The van der Waals surface area contributed by atoms with Gasteiger partial charge >= 0.3 is 0 Å². The van der Waals surface area contributed by atoms with Crippen molar-refractivity contribution >= 4 is 25.3 Å². The molecule has 0 atom stereocenters. The third kappa shape index (κ3) is 9.50. The van der Waals surface area contributed by atoms with E-state index in [1.807, 2.05) is 68.4 Å². The molecule has 3 rings (SSSR count). The highest BCUT2D eigenvalue weighted by Crippen LogP contribution is 2.51. The van der Waals surface area contributed by atoms with Crippen molar-refractivity contribution in [2.45, 2.75) is 99.0 Å². The van der Waals surface area contributed by atoms with E-state index in [4.69, 9.17) is 9.26 Å². The molecule has 0 heterocycles. The lowest BCUT2D eigenvalue weighted by Crippen LogP contribution is -2.43. The maximum Gasteiger partial charge on any atom is 0.196 e. The smallest absolute Gasteiger partial charge is 0.196 e. The van der Waals surface area contributed by atoms with Gasteiger partial charge in [-0.1, -0.05) is 103 Å². The van der Waals surface area contributed by atoms with Gasteiger partial charge in [0.2, 0.25) is 0 Å². The molecule has 0 saturated heterocycles. The summed E-state index contributed by atoms with van der Waals surface area (Å²) >= 11 is 1.35. The average molecular weight is 651 g/mol. The second kappa shape index (κ2) is 17.2. The Balaban J connectivity index is 1.79. The number of rotatable bonds is 17. The first-order valence-electron chi connectivity index (χ1n) is 16.3. The molecule has 7 heteroatoms. The summed E-state index contributed by atoms with van der Waals surface area (Å²) in [5.41, 5.74) is 1.50. The van der Waals surface area contributed by atoms with Crippen molar-refractivity contribution in [1.29, 1.82) is 0 Å². The Morgan fingerprint density at radius 1 is 0.667 bits per heavy atom. The monoisotopic (exact) mass is 650 g/mol. The van der Waals surface area contributed by atoms with E-state index < -0.39 is 19.5 Å². The summed E-state index contributed by atoms with van der Waals surface area (Å²) < 4.78 is 18.7. The molecule has 0 bridgehead atoms. The van der Waals surface area contributed by atoms with Gasteiger partial charge in [-0.25, -0.2) is 9.34 Å². The molecule has 0 radical (unpaired) electrons. The van der Waals surface area contributed by atoms with E-state index in [-0.39, 0.29) is 11.7 Å². The summed E-state index contributed by atoms with van der Waals surface area (Å²) in [6.07, 6.45) is 0. The molecule has 5 nitrogen and oxygen atoms in total. The van der Waals surface area contributed by atoms with Crippen LogP contribution < -0.4 is 0 Å². The summed E-state index contributed by atoms with van der Waals surface area (Å²) in [6, 6.07) is 32.3. The molecule has 0 saturated carbocycles. The summed E-state index contributed by atoms with van der Waals surface area (Å²) in [6.45, 7) is 22.6. The number of thioether (sulfide) groups is 1. The number of hydrogen-bond donors (Lipinski definition) is 0. The molecule has 246 valence electrons. The van der Waals surface area contributed by atoms with Crippen molar-refractivity contribution in [2.24, 2.45) is 5.41 Å². The minimum atomic E-state index is -0.986. The van der Waals surface area contributed by atoms with Gasteiger partial charge in [-0.15, -0.1) is 0 Å². The third-order valence-electron chi connectivity index (χ3n) is 7.78. The fraction of sp³-hybridized carbons (Fsp3) is 0.500. The lowest BCUT2D eigenvalue weighted by Gasteiger charge is -2.45. The zero-order valence-electron chi connectivity index (χ0n) is 29.1. The van der Waals surface area contributed by atoms with Gasteiger partial charge < -0.3 is 9.26 Å². The Morgan fingerprint density at radius 3 is 1.36 bits per heavy atom. The Kier molecular flexibility index (Phi) is 14.3. The van der Waals surface area contributed by atoms with E-state index in [0.29, 0.717) is 36.5 Å². The Bertz CT molecular complexity index is 1150. The lowest BCUT2D eigenvalue weighted by molar-refractivity contribution is -0.124. The van der Waals surface area contributed by atoms with Crippen molar-refractivity contribution in [2.75, 3.05) is 19.0 Å². The molecule has 0 fully saturated rings. The lowest BCUT2D eigenvalue weighted by atomic mass is 9.79. The normalized spacial score (nSPS) is 12.9. The molecular formula is C38H55N2O3PS. The predicted molar refractivity (Wildman–Crippen MR) is 193 cm³/mol. The van der Waals surface area contributed by atoms with Crippen LogP contribution in [0.2, 0.25) is 0 Å². The van der Waals surface area contributed by atoms with E-state index in [9.17, 15) is 4.79 Å². The van der Waals surface area contributed by atoms with Crippen LogP contribution in [-0.4, -0.2) is 57.6 Å². The minimum Gasteiger partial charge on any atom is -0.360 e. The van der Waals surface area contributed by atoms with Crippen molar-refractivity contribution in [3.05, 3.63) is 108 Å². The highest BCUT2D eigenvalue weighted by atomic mass is 32.2. The Morgan fingerprint density at radius 2 is 1.02 bits per heavy atom. The number of ether oxygens (including phenoxy) is 1. The van der Waals surface area contributed by atoms with Crippen LogP contribution in [0.3, 0.4) is 0 Å². The first kappa shape index (κ1) is 37.4. The highest BCUT2D eigenvalue weighted by Gasteiger charge is 2.41. The molecule has 45 heavy (non-hydrogen) atoms. The fourth-order valence-electron chi connectivity index (χ4n) is 5.80. The van der Waals surface area contributed by atoms with Gasteiger partial charge in [0.05, 0.1) is 18.6 Å². The van der Waals surface area contributed by atoms with Crippen LogP contribution >= 0.6 is 20.2 Å². The van der Waals surface area contributed by atoms with Crippen LogP contribution in [0.4, 0.5) is 0 Å². The average Bonchev–Trinajstić information content (AvgIpc) is 3.00. The van der Waals surface area contributed by atoms with E-state index in [0.717, 1.165) is 16.7 Å². The first-order valence-corrected chi connectivity index (χ1v) is 18.4. The second-order valence-corrected chi connectivity index (χ2v) is 16.1. The summed E-state index contributed by atoms with van der Waals surface area (Å²) in [7, 11) is -0.986. The largest absolute Gasteiger partial charge is 0.360 e. The number of benzene rings is 3. The van der Waals surface area contributed by atoms with Gasteiger partial charge in [0.15, 0.2) is 13.6 Å².